The van der Waals surface area contributed by atoms with Gasteiger partial charge in [0, 0.05) is 0 Å². The average Bonchev–Trinajstić information content (AvgIpc) is 2.04. The highest BCUT2D eigenvalue weighted by Crippen LogP contribution is 2.12. The van der Waals surface area contributed by atoms with Gasteiger partial charge < -0.3 is 10.4 Å². The molecule has 0 rings (SSSR count). The molecule has 0 aliphatic heterocycles. The van der Waals surface area contributed by atoms with Crippen molar-refractivity contribution in [3.63, 3.8) is 0 Å². The van der Waals surface area contributed by atoms with Gasteiger partial charge in [-0.05, 0) is 26.2 Å². The van der Waals surface area contributed by atoms with Crippen LogP contribution in [0.4, 0.5) is 0 Å². The Balaban J connectivity index is 4.57. The molecule has 0 bridgehead atoms. The number of carboxylic acid groups (broad SMARTS) is 1. The second kappa shape index (κ2) is 5.28. The summed E-state index contributed by atoms with van der Waals surface area (Å²) in [4.78, 5) is 22.0. The van der Waals surface area contributed by atoms with E-state index in [2.05, 4.69) is 17.2 Å². The Morgan fingerprint density at radius 3 is 2.43 bits per heavy atom. The van der Waals surface area contributed by atoms with E-state index in [4.69, 9.17) is 5.11 Å². The molecule has 78 valence electrons. The van der Waals surface area contributed by atoms with Crippen molar-refractivity contribution in [2.24, 2.45) is 0 Å². The molecule has 0 saturated heterocycles. The van der Waals surface area contributed by atoms with Crippen molar-refractivity contribution in [3.8, 4) is 11.8 Å². The molecule has 0 fully saturated rings. The van der Waals surface area contributed by atoms with Gasteiger partial charge >= 0.3 is 5.97 Å². The first-order valence-electron chi connectivity index (χ1n) is 4.44. The van der Waals surface area contributed by atoms with Crippen LogP contribution in [0.2, 0.25) is 0 Å². The average molecular weight is 197 g/mol. The summed E-state index contributed by atoms with van der Waals surface area (Å²) in [5.41, 5.74) is -1.21. The van der Waals surface area contributed by atoms with Gasteiger partial charge in [0.15, 0.2) is 0 Å². The zero-order valence-corrected chi connectivity index (χ0v) is 8.68. The zero-order chi connectivity index (χ0) is 11.2. The van der Waals surface area contributed by atoms with Crippen LogP contribution in [0.3, 0.4) is 0 Å². The van der Waals surface area contributed by atoms with E-state index >= 15 is 0 Å². The van der Waals surface area contributed by atoms with E-state index in [1.165, 1.54) is 13.8 Å². The molecule has 4 heteroatoms. The first-order chi connectivity index (χ1) is 6.46. The molecular weight excluding hydrogens is 182 g/mol. The van der Waals surface area contributed by atoms with Gasteiger partial charge in [0.1, 0.15) is 5.54 Å². The molecule has 0 aromatic heterocycles. The van der Waals surface area contributed by atoms with Crippen LogP contribution in [0, 0.1) is 11.8 Å². The van der Waals surface area contributed by atoms with Crippen LogP contribution < -0.4 is 5.32 Å². The van der Waals surface area contributed by atoms with Crippen LogP contribution in [-0.4, -0.2) is 22.5 Å². The van der Waals surface area contributed by atoms with E-state index < -0.39 is 17.4 Å². The second-order valence-electron chi connectivity index (χ2n) is 3.22. The maximum atomic E-state index is 11.1. The van der Waals surface area contributed by atoms with E-state index in [9.17, 15) is 9.59 Å². The van der Waals surface area contributed by atoms with Crippen molar-refractivity contribution in [2.45, 2.75) is 39.2 Å². The molecule has 0 aromatic rings. The van der Waals surface area contributed by atoms with Crippen molar-refractivity contribution in [3.05, 3.63) is 0 Å². The molecule has 0 saturated carbocycles. The molecule has 0 spiro atoms. The highest BCUT2D eigenvalue weighted by molar-refractivity contribution is 5.97. The molecule has 2 N–H and O–H groups in total. The first kappa shape index (κ1) is 12.5. The van der Waals surface area contributed by atoms with Gasteiger partial charge in [0.05, 0.1) is 0 Å². The lowest BCUT2D eigenvalue weighted by molar-refractivity contribution is -0.146. The third kappa shape index (κ3) is 3.48. The predicted octanol–water partition coefficient (Wildman–Crippen LogP) is 0.769. The Labute approximate surface area is 83.7 Å². The highest BCUT2D eigenvalue weighted by Gasteiger charge is 2.33. The van der Waals surface area contributed by atoms with Crippen LogP contribution in [0.1, 0.15) is 33.6 Å². The molecule has 0 radical (unpaired) electrons. The van der Waals surface area contributed by atoms with E-state index in [0.717, 1.165) is 0 Å². The van der Waals surface area contributed by atoms with Gasteiger partial charge in [-0.25, -0.2) is 4.79 Å². The molecule has 0 heterocycles. The van der Waals surface area contributed by atoms with Crippen LogP contribution in [-0.2, 0) is 9.59 Å². The smallest absolute Gasteiger partial charge is 0.329 e. The summed E-state index contributed by atoms with van der Waals surface area (Å²) in [6.07, 6.45) is 1.07. The van der Waals surface area contributed by atoms with Crippen molar-refractivity contribution in [1.29, 1.82) is 0 Å². The summed E-state index contributed by atoms with van der Waals surface area (Å²) >= 11 is 0. The standard InChI is InChI=1S/C10H15NO3/c1-4-6-8(12)11-10(3,7-5-2)9(13)14/h5,7H2,1-3H3,(H,11,12)(H,13,14). The number of rotatable bonds is 4. The Bertz CT molecular complexity index is 287. The van der Waals surface area contributed by atoms with E-state index in [1.807, 2.05) is 6.92 Å². The van der Waals surface area contributed by atoms with Crippen LogP contribution in [0.15, 0.2) is 0 Å². The third-order valence-corrected chi connectivity index (χ3v) is 1.85. The van der Waals surface area contributed by atoms with Crippen LogP contribution >= 0.6 is 0 Å². The molecule has 1 atom stereocenters. The number of nitrogens with one attached hydrogen (secondary N) is 1. The van der Waals surface area contributed by atoms with Crippen molar-refractivity contribution in [2.75, 3.05) is 0 Å². The normalized spacial score (nSPS) is 13.4. The molecule has 1 amide bonds. The summed E-state index contributed by atoms with van der Waals surface area (Å²) < 4.78 is 0. The number of hydrogen-bond acceptors (Lipinski definition) is 2. The van der Waals surface area contributed by atoms with Crippen molar-refractivity contribution >= 4 is 11.9 Å². The maximum absolute atomic E-state index is 11.1. The van der Waals surface area contributed by atoms with Gasteiger partial charge in [-0.1, -0.05) is 19.3 Å². The topological polar surface area (TPSA) is 66.4 Å². The summed E-state index contributed by atoms with van der Waals surface area (Å²) in [6, 6.07) is 0. The van der Waals surface area contributed by atoms with E-state index in [-0.39, 0.29) is 0 Å². The largest absolute Gasteiger partial charge is 0.480 e. The molecule has 0 aliphatic carbocycles. The lowest BCUT2D eigenvalue weighted by atomic mass is 9.96. The number of carbonyl (C=O) groups is 2. The van der Waals surface area contributed by atoms with Gasteiger partial charge in [0.2, 0.25) is 0 Å². The van der Waals surface area contributed by atoms with Crippen molar-refractivity contribution in [1.82, 2.24) is 5.32 Å². The minimum absolute atomic E-state index is 0.388. The fourth-order valence-electron chi connectivity index (χ4n) is 1.12. The van der Waals surface area contributed by atoms with Crippen LogP contribution in [0.25, 0.3) is 0 Å². The molecule has 4 nitrogen and oxygen atoms in total. The fraction of sp³-hybridized carbons (Fsp3) is 0.600. The van der Waals surface area contributed by atoms with Gasteiger partial charge in [-0.2, -0.15) is 0 Å². The van der Waals surface area contributed by atoms with E-state index in [0.29, 0.717) is 12.8 Å². The summed E-state index contributed by atoms with van der Waals surface area (Å²) in [7, 11) is 0. The van der Waals surface area contributed by atoms with Gasteiger partial charge in [-0.3, -0.25) is 4.79 Å². The van der Waals surface area contributed by atoms with Crippen molar-refractivity contribution < 1.29 is 14.7 Å². The van der Waals surface area contributed by atoms with Gasteiger partial charge in [0.25, 0.3) is 5.91 Å². The number of aliphatic carboxylic acids is 1. The maximum Gasteiger partial charge on any atom is 0.329 e. The quantitative estimate of drug-likeness (QED) is 0.654. The number of hydrogen-bond donors (Lipinski definition) is 2. The second-order valence-corrected chi connectivity index (χ2v) is 3.22. The SMILES string of the molecule is CC#CC(=O)NC(C)(CCC)C(=O)O. The Morgan fingerprint density at radius 1 is 1.50 bits per heavy atom. The minimum Gasteiger partial charge on any atom is -0.480 e. The zero-order valence-electron chi connectivity index (χ0n) is 8.68. The molecule has 14 heavy (non-hydrogen) atoms. The first-order valence-corrected chi connectivity index (χ1v) is 4.44. The predicted molar refractivity (Wildman–Crippen MR) is 52.5 cm³/mol. The molecule has 0 aliphatic rings. The van der Waals surface area contributed by atoms with E-state index in [1.54, 1.807) is 0 Å². The van der Waals surface area contributed by atoms with Crippen LogP contribution in [0.5, 0.6) is 0 Å². The Morgan fingerprint density at radius 2 is 2.07 bits per heavy atom. The number of carboxylic acids is 1. The lowest BCUT2D eigenvalue weighted by Gasteiger charge is -2.24. The molecular formula is C10H15NO3. The third-order valence-electron chi connectivity index (χ3n) is 1.85. The monoisotopic (exact) mass is 197 g/mol. The summed E-state index contributed by atoms with van der Waals surface area (Å²) in [6.45, 7) is 4.87. The lowest BCUT2D eigenvalue weighted by Crippen LogP contribution is -2.51. The number of amides is 1. The molecule has 0 aromatic carbocycles. The number of carbonyl (C=O) groups excluding carboxylic acids is 1. The summed E-state index contributed by atoms with van der Waals surface area (Å²) in [5, 5.41) is 11.3. The van der Waals surface area contributed by atoms with Gasteiger partial charge in [-0.15, -0.1) is 0 Å². The molecule has 1 unspecified atom stereocenters. The highest BCUT2D eigenvalue weighted by atomic mass is 16.4. The Kier molecular flexibility index (Phi) is 4.71. The fourth-order valence-corrected chi connectivity index (χ4v) is 1.12. The summed E-state index contributed by atoms with van der Waals surface area (Å²) in [5.74, 6) is 3.08. The Hall–Kier alpha value is -1.50. The minimum atomic E-state index is -1.21.